The van der Waals surface area contributed by atoms with Gasteiger partial charge >= 0.3 is 0 Å². The summed E-state index contributed by atoms with van der Waals surface area (Å²) < 4.78 is 10.6. The Hall–Kier alpha value is -1.96. The molecule has 0 radical (unpaired) electrons. The fourth-order valence-corrected chi connectivity index (χ4v) is 1.90. The number of methoxy groups -OCH3 is 1. The van der Waals surface area contributed by atoms with E-state index < -0.39 is 0 Å². The summed E-state index contributed by atoms with van der Waals surface area (Å²) in [5.41, 5.74) is 1.15. The molecule has 0 bridgehead atoms. The maximum atomic E-state index is 5.43. The topological polar surface area (TPSA) is 18.5 Å². The molecular weight excluding hydrogens is 236 g/mol. The third-order valence-electron chi connectivity index (χ3n) is 3.04. The van der Waals surface area contributed by atoms with Gasteiger partial charge in [-0.1, -0.05) is 31.5 Å². The molecule has 100 valence electrons. The van der Waals surface area contributed by atoms with Gasteiger partial charge in [-0.05, 0) is 47.0 Å². The van der Waals surface area contributed by atoms with Crippen molar-refractivity contribution < 1.29 is 9.47 Å². The predicted molar refractivity (Wildman–Crippen MR) is 80.4 cm³/mol. The number of fused-ring (bicyclic) bond motifs is 1. The van der Waals surface area contributed by atoms with Gasteiger partial charge in [-0.25, -0.2) is 0 Å². The molecule has 0 aliphatic rings. The number of hydrogen-bond acceptors (Lipinski definition) is 2. The van der Waals surface area contributed by atoms with Crippen LogP contribution in [-0.2, 0) is 4.74 Å². The molecule has 0 aliphatic heterocycles. The Balaban J connectivity index is 2.09. The van der Waals surface area contributed by atoms with Crippen molar-refractivity contribution in [3.05, 3.63) is 48.2 Å². The van der Waals surface area contributed by atoms with E-state index in [9.17, 15) is 0 Å². The third-order valence-corrected chi connectivity index (χ3v) is 3.04. The average molecular weight is 256 g/mol. The van der Waals surface area contributed by atoms with Crippen molar-refractivity contribution in [3.8, 4) is 5.75 Å². The molecule has 0 amide bonds. The Kier molecular flexibility index (Phi) is 4.85. The molecule has 2 aromatic rings. The molecule has 0 aromatic heterocycles. The van der Waals surface area contributed by atoms with Crippen LogP contribution in [0.4, 0.5) is 0 Å². The summed E-state index contributed by atoms with van der Waals surface area (Å²) in [4.78, 5) is 0. The molecule has 0 fully saturated rings. The van der Waals surface area contributed by atoms with Crippen molar-refractivity contribution >= 4 is 16.8 Å². The van der Waals surface area contributed by atoms with Crippen LogP contribution in [0.1, 0.15) is 25.3 Å². The van der Waals surface area contributed by atoms with Gasteiger partial charge in [-0.15, -0.1) is 0 Å². The van der Waals surface area contributed by atoms with E-state index >= 15 is 0 Å². The van der Waals surface area contributed by atoms with Gasteiger partial charge < -0.3 is 9.47 Å². The zero-order valence-corrected chi connectivity index (χ0v) is 11.6. The second-order valence-corrected chi connectivity index (χ2v) is 4.50. The Morgan fingerprint density at radius 3 is 2.63 bits per heavy atom. The fourth-order valence-electron chi connectivity index (χ4n) is 1.90. The van der Waals surface area contributed by atoms with E-state index in [4.69, 9.17) is 9.47 Å². The molecule has 0 saturated heterocycles. The van der Waals surface area contributed by atoms with Crippen LogP contribution in [0.5, 0.6) is 5.75 Å². The van der Waals surface area contributed by atoms with Crippen molar-refractivity contribution in [1.82, 2.24) is 0 Å². The maximum absolute atomic E-state index is 5.43. The van der Waals surface area contributed by atoms with Crippen molar-refractivity contribution in [2.75, 3.05) is 13.7 Å². The van der Waals surface area contributed by atoms with Crippen molar-refractivity contribution in [1.29, 1.82) is 0 Å². The first kappa shape index (κ1) is 13.5. The van der Waals surface area contributed by atoms with E-state index in [2.05, 4.69) is 31.2 Å². The molecule has 0 N–H and O–H groups in total. The lowest BCUT2D eigenvalue weighted by atomic mass is 10.1. The highest BCUT2D eigenvalue weighted by atomic mass is 16.5. The SMILES string of the molecule is CCCCO/C=C\c1ccc2cc(OC)ccc2c1. The van der Waals surface area contributed by atoms with Crippen molar-refractivity contribution in [3.63, 3.8) is 0 Å². The zero-order valence-electron chi connectivity index (χ0n) is 11.6. The summed E-state index contributed by atoms with van der Waals surface area (Å²) in [5.74, 6) is 0.888. The number of benzene rings is 2. The lowest BCUT2D eigenvalue weighted by molar-refractivity contribution is 0.246. The van der Waals surface area contributed by atoms with Gasteiger partial charge in [0.1, 0.15) is 5.75 Å². The van der Waals surface area contributed by atoms with Gasteiger partial charge in [0.15, 0.2) is 0 Å². The van der Waals surface area contributed by atoms with Crippen LogP contribution < -0.4 is 4.74 Å². The highest BCUT2D eigenvalue weighted by Crippen LogP contribution is 2.22. The maximum Gasteiger partial charge on any atom is 0.119 e. The van der Waals surface area contributed by atoms with Crippen molar-refractivity contribution in [2.24, 2.45) is 0 Å². The third kappa shape index (κ3) is 3.75. The minimum Gasteiger partial charge on any atom is -0.501 e. The Bertz CT molecular complexity index is 558. The molecule has 2 aromatic carbocycles. The van der Waals surface area contributed by atoms with E-state index in [0.717, 1.165) is 30.8 Å². The first-order chi connectivity index (χ1) is 9.33. The zero-order chi connectivity index (χ0) is 13.5. The highest BCUT2D eigenvalue weighted by Gasteiger charge is 1.97. The van der Waals surface area contributed by atoms with Gasteiger partial charge in [-0.3, -0.25) is 0 Å². The molecule has 0 saturated carbocycles. The van der Waals surface area contributed by atoms with E-state index in [1.165, 1.54) is 10.8 Å². The highest BCUT2D eigenvalue weighted by molar-refractivity contribution is 5.85. The Morgan fingerprint density at radius 2 is 1.84 bits per heavy atom. The first-order valence-electron chi connectivity index (χ1n) is 6.69. The molecule has 0 atom stereocenters. The molecule has 2 rings (SSSR count). The average Bonchev–Trinajstić information content (AvgIpc) is 2.46. The minimum absolute atomic E-state index is 0.789. The molecule has 2 nitrogen and oxygen atoms in total. The summed E-state index contributed by atoms with van der Waals surface area (Å²) in [7, 11) is 1.69. The number of unbranched alkanes of at least 4 members (excludes halogenated alkanes) is 1. The molecule has 0 heterocycles. The van der Waals surface area contributed by atoms with Gasteiger partial charge in [-0.2, -0.15) is 0 Å². The van der Waals surface area contributed by atoms with Crippen LogP contribution in [-0.4, -0.2) is 13.7 Å². The van der Waals surface area contributed by atoms with E-state index in [1.54, 1.807) is 13.4 Å². The number of rotatable bonds is 6. The smallest absolute Gasteiger partial charge is 0.119 e. The van der Waals surface area contributed by atoms with Crippen LogP contribution in [0.25, 0.3) is 16.8 Å². The van der Waals surface area contributed by atoms with Crippen LogP contribution in [0.3, 0.4) is 0 Å². The molecular formula is C17H20O2. The standard InChI is InChI=1S/C17H20O2/c1-3-4-10-19-11-9-14-5-6-16-13-17(18-2)8-7-15(16)12-14/h5-9,11-13H,3-4,10H2,1-2H3/b11-9-. The predicted octanol–water partition coefficient (Wildman–Crippen LogP) is 4.64. The summed E-state index contributed by atoms with van der Waals surface area (Å²) in [6, 6.07) is 12.4. The first-order valence-corrected chi connectivity index (χ1v) is 6.69. The van der Waals surface area contributed by atoms with Crippen LogP contribution in [0.15, 0.2) is 42.7 Å². The second-order valence-electron chi connectivity index (χ2n) is 4.50. The summed E-state index contributed by atoms with van der Waals surface area (Å²) in [6.45, 7) is 2.95. The van der Waals surface area contributed by atoms with Crippen molar-refractivity contribution in [2.45, 2.75) is 19.8 Å². The lowest BCUT2D eigenvalue weighted by Gasteiger charge is -2.03. The normalized spacial score (nSPS) is 11.1. The molecule has 2 heteroatoms. The summed E-state index contributed by atoms with van der Waals surface area (Å²) >= 11 is 0. The lowest BCUT2D eigenvalue weighted by Crippen LogP contribution is -1.85. The van der Waals surface area contributed by atoms with Gasteiger partial charge in [0.2, 0.25) is 0 Å². The molecule has 0 aliphatic carbocycles. The number of hydrogen-bond donors (Lipinski definition) is 0. The second kappa shape index (κ2) is 6.83. The van der Waals surface area contributed by atoms with E-state index in [1.807, 2.05) is 18.2 Å². The fraction of sp³-hybridized carbons (Fsp3) is 0.294. The van der Waals surface area contributed by atoms with Crippen LogP contribution >= 0.6 is 0 Å². The summed E-state index contributed by atoms with van der Waals surface area (Å²) in [6.07, 6.45) is 6.03. The Labute approximate surface area is 114 Å². The van der Waals surface area contributed by atoms with Gasteiger partial charge in [0, 0.05) is 0 Å². The van der Waals surface area contributed by atoms with E-state index in [0.29, 0.717) is 0 Å². The molecule has 19 heavy (non-hydrogen) atoms. The van der Waals surface area contributed by atoms with Gasteiger partial charge in [0.05, 0.1) is 20.0 Å². The Morgan fingerprint density at radius 1 is 1.05 bits per heavy atom. The van der Waals surface area contributed by atoms with Crippen LogP contribution in [0.2, 0.25) is 0 Å². The molecule has 0 spiro atoms. The summed E-state index contributed by atoms with van der Waals surface area (Å²) in [5, 5.41) is 2.39. The van der Waals surface area contributed by atoms with Crippen LogP contribution in [0, 0.1) is 0 Å². The molecule has 0 unspecified atom stereocenters. The van der Waals surface area contributed by atoms with Gasteiger partial charge in [0.25, 0.3) is 0 Å². The quantitative estimate of drug-likeness (QED) is 0.554. The number of ether oxygens (including phenoxy) is 2. The monoisotopic (exact) mass is 256 g/mol. The minimum atomic E-state index is 0.789. The largest absolute Gasteiger partial charge is 0.501 e. The van der Waals surface area contributed by atoms with E-state index in [-0.39, 0.29) is 0 Å².